The molecule has 4 nitrogen and oxygen atoms in total. The summed E-state index contributed by atoms with van der Waals surface area (Å²) >= 11 is 3.46. The zero-order valence-corrected chi connectivity index (χ0v) is 15.4. The molecule has 5 heteroatoms. The van der Waals surface area contributed by atoms with Gasteiger partial charge in [0.05, 0.1) is 6.54 Å². The maximum absolute atomic E-state index is 12.2. The van der Waals surface area contributed by atoms with Crippen LogP contribution in [0.3, 0.4) is 0 Å². The van der Waals surface area contributed by atoms with Gasteiger partial charge in [0.2, 0.25) is 5.91 Å². The average Bonchev–Trinajstić information content (AvgIpc) is 3.12. The van der Waals surface area contributed by atoms with E-state index in [1.54, 1.807) is 6.20 Å². The number of hydrogen-bond donors (Lipinski definition) is 1. The summed E-state index contributed by atoms with van der Waals surface area (Å²) in [5, 5.41) is 7.27. The van der Waals surface area contributed by atoms with Gasteiger partial charge in [-0.1, -0.05) is 52.3 Å². The van der Waals surface area contributed by atoms with Crippen LogP contribution in [0.4, 0.5) is 0 Å². The molecule has 0 unspecified atom stereocenters. The molecular formula is C20H20BrN3O. The molecule has 0 atom stereocenters. The van der Waals surface area contributed by atoms with Gasteiger partial charge in [-0.2, -0.15) is 5.10 Å². The van der Waals surface area contributed by atoms with Gasteiger partial charge in [0.25, 0.3) is 0 Å². The summed E-state index contributed by atoms with van der Waals surface area (Å²) in [5.74, 6) is 0.0638. The first-order valence-corrected chi connectivity index (χ1v) is 9.05. The molecule has 3 rings (SSSR count). The van der Waals surface area contributed by atoms with E-state index >= 15 is 0 Å². The molecule has 0 fully saturated rings. The largest absolute Gasteiger partial charge is 0.352 e. The van der Waals surface area contributed by atoms with Crippen molar-refractivity contribution in [1.82, 2.24) is 15.1 Å². The van der Waals surface area contributed by atoms with Crippen molar-refractivity contribution in [2.45, 2.75) is 25.9 Å². The molecule has 0 aliphatic rings. The molecule has 1 amide bonds. The van der Waals surface area contributed by atoms with E-state index in [4.69, 9.17) is 0 Å². The lowest BCUT2D eigenvalue weighted by molar-refractivity contribution is -0.121. The number of carbonyl (C=O) groups is 1. The number of benzene rings is 2. The highest BCUT2D eigenvalue weighted by Gasteiger charge is 2.06. The predicted octanol–water partition coefficient (Wildman–Crippen LogP) is 3.94. The highest BCUT2D eigenvalue weighted by atomic mass is 79.9. The van der Waals surface area contributed by atoms with Gasteiger partial charge in [-0.05, 0) is 41.3 Å². The molecule has 0 spiro atoms. The third kappa shape index (κ3) is 5.29. The van der Waals surface area contributed by atoms with Gasteiger partial charge in [0.1, 0.15) is 0 Å². The Bertz CT molecular complexity index is 830. The van der Waals surface area contributed by atoms with Crippen molar-refractivity contribution in [3.63, 3.8) is 0 Å². The van der Waals surface area contributed by atoms with Gasteiger partial charge in [-0.3, -0.25) is 9.48 Å². The smallest absolute Gasteiger partial charge is 0.220 e. The Morgan fingerprint density at radius 3 is 2.68 bits per heavy atom. The lowest BCUT2D eigenvalue weighted by Gasteiger charge is -2.11. The first kappa shape index (κ1) is 17.4. The molecule has 25 heavy (non-hydrogen) atoms. The zero-order valence-electron chi connectivity index (χ0n) is 13.9. The lowest BCUT2D eigenvalue weighted by Crippen LogP contribution is -2.23. The van der Waals surface area contributed by atoms with E-state index in [2.05, 4.69) is 32.4 Å². The van der Waals surface area contributed by atoms with Crippen LogP contribution in [0.1, 0.15) is 23.1 Å². The molecule has 1 N–H and O–H groups in total. The monoisotopic (exact) mass is 397 g/mol. The third-order valence-electron chi connectivity index (χ3n) is 4.02. The van der Waals surface area contributed by atoms with Crippen LogP contribution in [-0.2, 0) is 24.3 Å². The minimum Gasteiger partial charge on any atom is -0.352 e. The number of nitrogens with one attached hydrogen (secondary N) is 1. The van der Waals surface area contributed by atoms with Crippen molar-refractivity contribution < 1.29 is 4.79 Å². The quantitative estimate of drug-likeness (QED) is 0.655. The molecule has 3 aromatic rings. The molecule has 0 aliphatic carbocycles. The fraction of sp³-hybridized carbons (Fsp3) is 0.200. The number of rotatable bonds is 7. The SMILES string of the molecule is O=C(CCc1cccc(Br)c1)NCc1ccccc1Cn1cccn1. The van der Waals surface area contributed by atoms with Crippen molar-refractivity contribution >= 4 is 21.8 Å². The number of hydrogen-bond acceptors (Lipinski definition) is 2. The molecule has 128 valence electrons. The van der Waals surface area contributed by atoms with E-state index < -0.39 is 0 Å². The van der Waals surface area contributed by atoms with Crippen LogP contribution >= 0.6 is 15.9 Å². The Hall–Kier alpha value is -2.40. The summed E-state index contributed by atoms with van der Waals surface area (Å²) in [5.41, 5.74) is 3.44. The van der Waals surface area contributed by atoms with Crippen molar-refractivity contribution in [2.24, 2.45) is 0 Å². The van der Waals surface area contributed by atoms with Crippen LogP contribution in [0.2, 0.25) is 0 Å². The van der Waals surface area contributed by atoms with Crippen molar-refractivity contribution in [3.05, 3.63) is 88.2 Å². The maximum Gasteiger partial charge on any atom is 0.220 e. The van der Waals surface area contributed by atoms with E-state index in [0.717, 1.165) is 22.0 Å². The van der Waals surface area contributed by atoms with Crippen LogP contribution in [0.5, 0.6) is 0 Å². The third-order valence-corrected chi connectivity index (χ3v) is 4.51. The Kier molecular flexibility index (Phi) is 6.01. The molecule has 0 saturated carbocycles. The molecule has 2 aromatic carbocycles. The second-order valence-corrected chi connectivity index (χ2v) is 6.79. The van der Waals surface area contributed by atoms with Crippen LogP contribution in [0, 0.1) is 0 Å². The van der Waals surface area contributed by atoms with E-state index in [9.17, 15) is 4.79 Å². The summed E-state index contributed by atoms with van der Waals surface area (Å²) in [6.07, 6.45) is 4.93. The normalized spacial score (nSPS) is 10.6. The summed E-state index contributed by atoms with van der Waals surface area (Å²) in [4.78, 5) is 12.2. The minimum atomic E-state index is 0.0638. The highest BCUT2D eigenvalue weighted by molar-refractivity contribution is 9.10. The van der Waals surface area contributed by atoms with Crippen LogP contribution < -0.4 is 5.32 Å². The predicted molar refractivity (Wildman–Crippen MR) is 102 cm³/mol. The maximum atomic E-state index is 12.2. The van der Waals surface area contributed by atoms with Gasteiger partial charge in [-0.25, -0.2) is 0 Å². The van der Waals surface area contributed by atoms with E-state index in [1.165, 1.54) is 5.56 Å². The summed E-state index contributed by atoms with van der Waals surface area (Å²) in [6, 6.07) is 18.1. The summed E-state index contributed by atoms with van der Waals surface area (Å²) in [7, 11) is 0. The lowest BCUT2D eigenvalue weighted by atomic mass is 10.1. The first-order valence-electron chi connectivity index (χ1n) is 8.26. The molecule has 0 saturated heterocycles. The topological polar surface area (TPSA) is 46.9 Å². The molecule has 1 aromatic heterocycles. The van der Waals surface area contributed by atoms with Crippen LogP contribution in [0.15, 0.2) is 71.5 Å². The van der Waals surface area contributed by atoms with Crippen LogP contribution in [-0.4, -0.2) is 15.7 Å². The van der Waals surface area contributed by atoms with Gasteiger partial charge < -0.3 is 5.32 Å². The van der Waals surface area contributed by atoms with Gasteiger partial charge >= 0.3 is 0 Å². The summed E-state index contributed by atoms with van der Waals surface area (Å²) in [6.45, 7) is 1.24. The fourth-order valence-corrected chi connectivity index (χ4v) is 3.13. The van der Waals surface area contributed by atoms with E-state index in [0.29, 0.717) is 19.5 Å². The molecule has 0 radical (unpaired) electrons. The molecule has 0 aliphatic heterocycles. The number of carbonyl (C=O) groups excluding carboxylic acids is 1. The van der Waals surface area contributed by atoms with E-state index in [1.807, 2.05) is 59.4 Å². The minimum absolute atomic E-state index is 0.0638. The molecular weight excluding hydrogens is 378 g/mol. The number of aromatic nitrogens is 2. The van der Waals surface area contributed by atoms with Gasteiger partial charge in [0.15, 0.2) is 0 Å². The number of halogens is 1. The number of nitrogens with zero attached hydrogens (tertiary/aromatic N) is 2. The van der Waals surface area contributed by atoms with Crippen molar-refractivity contribution in [2.75, 3.05) is 0 Å². The Morgan fingerprint density at radius 1 is 1.08 bits per heavy atom. The number of amides is 1. The summed E-state index contributed by atoms with van der Waals surface area (Å²) < 4.78 is 2.92. The molecule has 1 heterocycles. The van der Waals surface area contributed by atoms with Crippen LogP contribution in [0.25, 0.3) is 0 Å². The Morgan fingerprint density at radius 2 is 1.92 bits per heavy atom. The Labute approximate surface area is 156 Å². The second kappa shape index (κ2) is 8.62. The van der Waals surface area contributed by atoms with E-state index in [-0.39, 0.29) is 5.91 Å². The van der Waals surface area contributed by atoms with Crippen molar-refractivity contribution in [3.8, 4) is 0 Å². The molecule has 0 bridgehead atoms. The Balaban J connectivity index is 1.53. The van der Waals surface area contributed by atoms with Gasteiger partial charge in [0, 0.05) is 29.8 Å². The zero-order chi connectivity index (χ0) is 17.5. The average molecular weight is 398 g/mol. The highest BCUT2D eigenvalue weighted by Crippen LogP contribution is 2.13. The standard InChI is InChI=1S/C20H20BrN3O/c21-19-8-3-5-16(13-19)9-10-20(25)22-14-17-6-1-2-7-18(17)15-24-12-4-11-23-24/h1-8,11-13H,9-10,14-15H2,(H,22,25). The fourth-order valence-electron chi connectivity index (χ4n) is 2.69. The second-order valence-electron chi connectivity index (χ2n) is 5.88. The number of aryl methyl sites for hydroxylation is 1. The first-order chi connectivity index (χ1) is 12.2. The van der Waals surface area contributed by atoms with Crippen molar-refractivity contribution in [1.29, 1.82) is 0 Å². The van der Waals surface area contributed by atoms with Gasteiger partial charge in [-0.15, -0.1) is 0 Å².